The summed E-state index contributed by atoms with van der Waals surface area (Å²) < 4.78 is 28.1. The number of nitrogens with zero attached hydrogens (tertiary/aromatic N) is 1. The number of ether oxygens (including phenoxy) is 1. The second-order valence-electron chi connectivity index (χ2n) is 5.11. The first-order chi connectivity index (χ1) is 9.88. The number of rotatable bonds is 4. The lowest BCUT2D eigenvalue weighted by Gasteiger charge is -2.24. The van der Waals surface area contributed by atoms with Gasteiger partial charge in [-0.05, 0) is 37.5 Å². The minimum absolute atomic E-state index is 0.0844. The van der Waals surface area contributed by atoms with E-state index in [1.165, 1.54) is 25.3 Å². The maximum Gasteiger partial charge on any atom is 0.257 e. The van der Waals surface area contributed by atoms with Gasteiger partial charge < -0.3 is 9.64 Å². The molecule has 1 aromatic rings. The van der Waals surface area contributed by atoms with Crippen molar-refractivity contribution in [2.24, 2.45) is 5.14 Å². The first-order valence-corrected chi connectivity index (χ1v) is 8.45. The average molecular weight is 312 g/mol. The minimum Gasteiger partial charge on any atom is -0.496 e. The summed E-state index contributed by atoms with van der Waals surface area (Å²) in [5.74, 6) is 0.149. The number of benzene rings is 1. The molecular formula is C14H20N2O4S. The molecule has 1 aromatic carbocycles. The number of carbonyl (C=O) groups is 1. The normalized spacial score (nSPS) is 18.8. The molecule has 21 heavy (non-hydrogen) atoms. The Hall–Kier alpha value is -1.60. The summed E-state index contributed by atoms with van der Waals surface area (Å²) in [6.45, 7) is 2.72. The topological polar surface area (TPSA) is 89.7 Å². The summed E-state index contributed by atoms with van der Waals surface area (Å²) in [6.07, 6.45) is 2.81. The van der Waals surface area contributed by atoms with Gasteiger partial charge in [0.25, 0.3) is 5.91 Å². The van der Waals surface area contributed by atoms with Gasteiger partial charge in [0.05, 0.1) is 17.6 Å². The third-order valence-electron chi connectivity index (χ3n) is 3.84. The van der Waals surface area contributed by atoms with E-state index < -0.39 is 10.0 Å². The van der Waals surface area contributed by atoms with Crippen molar-refractivity contribution >= 4 is 15.9 Å². The molecule has 1 saturated heterocycles. The number of hydrogen-bond acceptors (Lipinski definition) is 4. The van der Waals surface area contributed by atoms with Crippen molar-refractivity contribution in [3.63, 3.8) is 0 Å². The lowest BCUT2D eigenvalue weighted by molar-refractivity contribution is 0.0730. The van der Waals surface area contributed by atoms with Crippen LogP contribution in [0.15, 0.2) is 23.1 Å². The van der Waals surface area contributed by atoms with Crippen LogP contribution in [0.2, 0.25) is 0 Å². The summed E-state index contributed by atoms with van der Waals surface area (Å²) in [7, 11) is -2.40. The number of hydrogen-bond donors (Lipinski definition) is 1. The van der Waals surface area contributed by atoms with E-state index in [1.807, 2.05) is 6.92 Å². The minimum atomic E-state index is -3.85. The third kappa shape index (κ3) is 3.19. The van der Waals surface area contributed by atoms with E-state index in [1.54, 1.807) is 4.90 Å². The SMILES string of the molecule is CCC1CCCN1C(=O)c1cc(S(N)(=O)=O)ccc1OC. The van der Waals surface area contributed by atoms with E-state index >= 15 is 0 Å². The molecule has 1 aliphatic heterocycles. The number of likely N-dealkylation sites (tertiary alicyclic amines) is 1. The van der Waals surface area contributed by atoms with Crippen molar-refractivity contribution in [3.8, 4) is 5.75 Å². The van der Waals surface area contributed by atoms with Crippen molar-refractivity contribution in [1.82, 2.24) is 4.90 Å². The molecule has 1 fully saturated rings. The molecule has 1 heterocycles. The summed E-state index contributed by atoms with van der Waals surface area (Å²) >= 11 is 0. The Balaban J connectivity index is 2.43. The Morgan fingerprint density at radius 3 is 2.76 bits per heavy atom. The molecule has 116 valence electrons. The zero-order valence-corrected chi connectivity index (χ0v) is 13.0. The maximum atomic E-state index is 12.7. The standard InChI is InChI=1S/C14H20N2O4S/c1-3-10-5-4-8-16(10)14(17)12-9-11(21(15,18)19)6-7-13(12)20-2/h6-7,9-10H,3-5,8H2,1-2H3,(H2,15,18,19). The van der Waals surface area contributed by atoms with Crippen molar-refractivity contribution in [3.05, 3.63) is 23.8 Å². The summed E-state index contributed by atoms with van der Waals surface area (Å²) in [5, 5.41) is 5.13. The predicted molar refractivity (Wildman–Crippen MR) is 78.7 cm³/mol. The maximum absolute atomic E-state index is 12.7. The molecule has 0 saturated carbocycles. The third-order valence-corrected chi connectivity index (χ3v) is 4.75. The van der Waals surface area contributed by atoms with Gasteiger partial charge in [0.15, 0.2) is 0 Å². The Kier molecular flexibility index (Phi) is 4.53. The molecular weight excluding hydrogens is 292 g/mol. The predicted octanol–water partition coefficient (Wildman–Crippen LogP) is 1.36. The van der Waals surface area contributed by atoms with Crippen LogP contribution < -0.4 is 9.88 Å². The molecule has 1 amide bonds. The van der Waals surface area contributed by atoms with Crippen molar-refractivity contribution in [1.29, 1.82) is 0 Å². The zero-order valence-electron chi connectivity index (χ0n) is 12.2. The highest BCUT2D eigenvalue weighted by molar-refractivity contribution is 7.89. The molecule has 1 aliphatic rings. The zero-order chi connectivity index (χ0) is 15.6. The van der Waals surface area contributed by atoms with Crippen LogP contribution in [0, 0.1) is 0 Å². The first-order valence-electron chi connectivity index (χ1n) is 6.90. The van der Waals surface area contributed by atoms with Crippen LogP contribution in [-0.2, 0) is 10.0 Å². The van der Waals surface area contributed by atoms with Crippen LogP contribution in [0.3, 0.4) is 0 Å². The van der Waals surface area contributed by atoms with Crippen LogP contribution in [0.4, 0.5) is 0 Å². The molecule has 0 bridgehead atoms. The highest BCUT2D eigenvalue weighted by atomic mass is 32.2. The van der Waals surface area contributed by atoms with E-state index in [4.69, 9.17) is 9.88 Å². The molecule has 7 heteroatoms. The fourth-order valence-electron chi connectivity index (χ4n) is 2.71. The van der Waals surface area contributed by atoms with E-state index in [2.05, 4.69) is 0 Å². The highest BCUT2D eigenvalue weighted by Crippen LogP contribution is 2.28. The Morgan fingerprint density at radius 2 is 2.19 bits per heavy atom. The van der Waals surface area contributed by atoms with Crippen LogP contribution in [0.5, 0.6) is 5.75 Å². The molecule has 1 atom stereocenters. The average Bonchev–Trinajstić information content (AvgIpc) is 2.93. The number of carbonyl (C=O) groups excluding carboxylic acids is 1. The largest absolute Gasteiger partial charge is 0.496 e. The Morgan fingerprint density at radius 1 is 1.48 bits per heavy atom. The number of primary sulfonamides is 1. The number of nitrogens with two attached hydrogens (primary N) is 1. The number of methoxy groups -OCH3 is 1. The summed E-state index contributed by atoms with van der Waals surface area (Å²) in [6, 6.07) is 4.29. The molecule has 0 spiro atoms. The monoisotopic (exact) mass is 312 g/mol. The second kappa shape index (κ2) is 6.03. The van der Waals surface area contributed by atoms with E-state index in [9.17, 15) is 13.2 Å². The second-order valence-corrected chi connectivity index (χ2v) is 6.67. The van der Waals surface area contributed by atoms with E-state index in [-0.39, 0.29) is 22.4 Å². The molecule has 0 aliphatic carbocycles. The van der Waals surface area contributed by atoms with Crippen molar-refractivity contribution in [2.75, 3.05) is 13.7 Å². The Bertz CT molecular complexity index is 642. The van der Waals surface area contributed by atoms with Gasteiger partial charge in [-0.1, -0.05) is 6.92 Å². The van der Waals surface area contributed by atoms with Crippen LogP contribution in [-0.4, -0.2) is 38.9 Å². The van der Waals surface area contributed by atoms with E-state index in [0.29, 0.717) is 12.3 Å². The number of sulfonamides is 1. The van der Waals surface area contributed by atoms with Crippen molar-refractivity contribution in [2.45, 2.75) is 37.1 Å². The van der Waals surface area contributed by atoms with Crippen LogP contribution >= 0.6 is 0 Å². The fraction of sp³-hybridized carbons (Fsp3) is 0.500. The van der Waals surface area contributed by atoms with Crippen LogP contribution in [0.25, 0.3) is 0 Å². The van der Waals surface area contributed by atoms with Crippen molar-refractivity contribution < 1.29 is 17.9 Å². The van der Waals surface area contributed by atoms with Gasteiger partial charge in [0.1, 0.15) is 5.75 Å². The lowest BCUT2D eigenvalue weighted by atomic mass is 10.1. The Labute approximate surface area is 124 Å². The highest BCUT2D eigenvalue weighted by Gasteiger charge is 2.30. The number of amides is 1. The molecule has 0 radical (unpaired) electrons. The summed E-state index contributed by atoms with van der Waals surface area (Å²) in [4.78, 5) is 14.4. The molecule has 1 unspecified atom stereocenters. The van der Waals surface area contributed by atoms with Gasteiger partial charge in [-0.25, -0.2) is 13.6 Å². The van der Waals surface area contributed by atoms with E-state index in [0.717, 1.165) is 19.3 Å². The fourth-order valence-corrected chi connectivity index (χ4v) is 3.25. The lowest BCUT2D eigenvalue weighted by Crippen LogP contribution is -2.35. The van der Waals surface area contributed by atoms with Gasteiger partial charge in [0.2, 0.25) is 10.0 Å². The molecule has 6 nitrogen and oxygen atoms in total. The van der Waals surface area contributed by atoms with Gasteiger partial charge >= 0.3 is 0 Å². The van der Waals surface area contributed by atoms with Gasteiger partial charge in [-0.15, -0.1) is 0 Å². The van der Waals surface area contributed by atoms with Gasteiger partial charge in [0, 0.05) is 12.6 Å². The quantitative estimate of drug-likeness (QED) is 0.909. The first kappa shape index (κ1) is 15.8. The smallest absolute Gasteiger partial charge is 0.257 e. The summed E-state index contributed by atoms with van der Waals surface area (Å²) in [5.41, 5.74) is 0.240. The van der Waals surface area contributed by atoms with Gasteiger partial charge in [-0.2, -0.15) is 0 Å². The van der Waals surface area contributed by atoms with Gasteiger partial charge in [-0.3, -0.25) is 4.79 Å². The molecule has 0 aromatic heterocycles. The van der Waals surface area contributed by atoms with Crippen LogP contribution in [0.1, 0.15) is 36.5 Å². The molecule has 2 N–H and O–H groups in total. The molecule has 2 rings (SSSR count).